The van der Waals surface area contributed by atoms with Gasteiger partial charge in [-0.3, -0.25) is 9.69 Å². The molecule has 0 aliphatic carbocycles. The summed E-state index contributed by atoms with van der Waals surface area (Å²) in [6.45, 7) is -0.439. The van der Waals surface area contributed by atoms with Gasteiger partial charge >= 0.3 is 24.5 Å². The second kappa shape index (κ2) is 8.67. The fourth-order valence-electron chi connectivity index (χ4n) is 5.54. The van der Waals surface area contributed by atoms with Crippen molar-refractivity contribution in [2.24, 2.45) is 5.92 Å². The molecule has 3 nitrogen and oxygen atoms in total. The molecule has 0 radical (unpaired) electrons. The summed E-state index contributed by atoms with van der Waals surface area (Å²) in [5.74, 6) is -1.99. The number of rotatable bonds is 4. The van der Waals surface area contributed by atoms with Crippen LogP contribution in [0.2, 0.25) is 0 Å². The summed E-state index contributed by atoms with van der Waals surface area (Å²) in [4.78, 5) is 13.4. The molecule has 2 fully saturated rings. The number of carboxylic acids is 1. The molecule has 2 saturated heterocycles. The molecule has 0 amide bonds. The van der Waals surface area contributed by atoms with Gasteiger partial charge in [0.1, 0.15) is 0 Å². The summed E-state index contributed by atoms with van der Waals surface area (Å²) in [5, 5.41) is 9.62. The van der Waals surface area contributed by atoms with Gasteiger partial charge in [-0.05, 0) is 61.1 Å². The molecule has 2 aliphatic rings. The molecular formula is C24H20F9NO2. The monoisotopic (exact) mass is 525 g/mol. The zero-order valence-corrected chi connectivity index (χ0v) is 18.4. The molecule has 4 rings (SSSR count). The maximum absolute atomic E-state index is 13.8. The Hall–Kier alpha value is -2.76. The van der Waals surface area contributed by atoms with E-state index in [1.54, 1.807) is 4.90 Å². The number of aliphatic carboxylic acids is 1. The largest absolute Gasteiger partial charge is 0.481 e. The second-order valence-corrected chi connectivity index (χ2v) is 9.27. The summed E-state index contributed by atoms with van der Waals surface area (Å²) in [6, 6.07) is 4.91. The minimum atomic E-state index is -5.09. The number of halogens is 9. The Balaban J connectivity index is 1.78. The molecule has 0 aromatic heterocycles. The molecule has 2 aromatic carbocycles. The molecule has 12 heteroatoms. The Labute approximate surface area is 199 Å². The van der Waals surface area contributed by atoms with E-state index in [1.165, 1.54) is 12.1 Å². The third kappa shape index (κ3) is 4.79. The average molecular weight is 525 g/mol. The van der Waals surface area contributed by atoms with E-state index >= 15 is 0 Å². The van der Waals surface area contributed by atoms with E-state index in [0.717, 1.165) is 18.2 Å². The van der Waals surface area contributed by atoms with Crippen LogP contribution in [0.15, 0.2) is 42.5 Å². The molecule has 2 aromatic rings. The van der Waals surface area contributed by atoms with Crippen LogP contribution in [-0.2, 0) is 35.4 Å². The van der Waals surface area contributed by atoms with E-state index in [-0.39, 0.29) is 25.3 Å². The van der Waals surface area contributed by atoms with Gasteiger partial charge < -0.3 is 5.11 Å². The van der Waals surface area contributed by atoms with Crippen molar-refractivity contribution in [3.8, 4) is 0 Å². The molecule has 1 N–H and O–H groups in total. The maximum Gasteiger partial charge on any atom is 0.416 e. The SMILES string of the molecule is O=C(O)[C@@H]1C[C@H]2CC[C@@](c3ccc(C(F)(F)F)cc3)(C1)N2Cc1ccc(C(F)(F)F)cc1C(F)(F)F. The van der Waals surface area contributed by atoms with Gasteiger partial charge in [0.15, 0.2) is 0 Å². The van der Waals surface area contributed by atoms with Crippen molar-refractivity contribution in [1.82, 2.24) is 4.90 Å². The van der Waals surface area contributed by atoms with E-state index in [4.69, 9.17) is 0 Å². The van der Waals surface area contributed by atoms with Crippen LogP contribution in [0.4, 0.5) is 39.5 Å². The van der Waals surface area contributed by atoms with E-state index < -0.39 is 70.8 Å². The van der Waals surface area contributed by atoms with Crippen LogP contribution in [0.1, 0.15) is 53.5 Å². The highest BCUT2D eigenvalue weighted by molar-refractivity contribution is 5.70. The van der Waals surface area contributed by atoms with E-state index in [9.17, 15) is 49.4 Å². The number of fused-ring (bicyclic) bond motifs is 2. The van der Waals surface area contributed by atoms with Crippen molar-refractivity contribution in [3.63, 3.8) is 0 Å². The lowest BCUT2D eigenvalue weighted by Gasteiger charge is -2.47. The molecular weight excluding hydrogens is 505 g/mol. The first-order valence-corrected chi connectivity index (χ1v) is 11.0. The van der Waals surface area contributed by atoms with E-state index in [1.807, 2.05) is 0 Å². The number of carbonyl (C=O) groups is 1. The lowest BCUT2D eigenvalue weighted by atomic mass is 9.76. The lowest BCUT2D eigenvalue weighted by Crippen LogP contribution is -2.51. The molecule has 3 atom stereocenters. The summed E-state index contributed by atoms with van der Waals surface area (Å²) < 4.78 is 120. The van der Waals surface area contributed by atoms with Crippen molar-refractivity contribution >= 4 is 5.97 Å². The van der Waals surface area contributed by atoms with Gasteiger partial charge in [-0.15, -0.1) is 0 Å². The summed E-state index contributed by atoms with van der Waals surface area (Å²) in [7, 11) is 0. The highest BCUT2D eigenvalue weighted by atomic mass is 19.4. The highest BCUT2D eigenvalue weighted by Gasteiger charge is 2.54. The fourth-order valence-corrected chi connectivity index (χ4v) is 5.54. The first kappa shape index (κ1) is 26.3. The van der Waals surface area contributed by atoms with Crippen LogP contribution in [0.25, 0.3) is 0 Å². The van der Waals surface area contributed by atoms with Crippen LogP contribution < -0.4 is 0 Å². The molecule has 2 heterocycles. The zero-order valence-electron chi connectivity index (χ0n) is 18.4. The van der Waals surface area contributed by atoms with Crippen molar-refractivity contribution < 1.29 is 49.4 Å². The Morgan fingerprint density at radius 2 is 1.47 bits per heavy atom. The minimum absolute atomic E-state index is 0.0477. The third-order valence-corrected chi connectivity index (χ3v) is 7.20. The van der Waals surface area contributed by atoms with E-state index in [2.05, 4.69) is 0 Å². The smallest absolute Gasteiger partial charge is 0.416 e. The number of piperidine rings is 1. The molecule has 2 bridgehead atoms. The van der Waals surface area contributed by atoms with Gasteiger partial charge in [-0.2, -0.15) is 39.5 Å². The summed E-state index contributed by atoms with van der Waals surface area (Å²) in [5.41, 5.74) is -5.13. The molecule has 196 valence electrons. The summed E-state index contributed by atoms with van der Waals surface area (Å²) in [6.07, 6.45) is -14.0. The zero-order chi connectivity index (χ0) is 26.7. The third-order valence-electron chi connectivity index (χ3n) is 7.20. The minimum Gasteiger partial charge on any atom is -0.481 e. The Bertz CT molecular complexity index is 1140. The van der Waals surface area contributed by atoms with Crippen molar-refractivity contribution in [2.75, 3.05) is 0 Å². The van der Waals surface area contributed by atoms with Gasteiger partial charge in [0, 0.05) is 18.1 Å². The normalized spacial score (nSPS) is 25.2. The topological polar surface area (TPSA) is 40.5 Å². The van der Waals surface area contributed by atoms with Gasteiger partial charge in [-0.25, -0.2) is 0 Å². The number of benzene rings is 2. The van der Waals surface area contributed by atoms with Gasteiger partial charge in [0.2, 0.25) is 0 Å². The van der Waals surface area contributed by atoms with Crippen LogP contribution >= 0.6 is 0 Å². The number of hydrogen-bond donors (Lipinski definition) is 1. The molecule has 0 spiro atoms. The number of carboxylic acid groups (broad SMARTS) is 1. The number of alkyl halides is 9. The van der Waals surface area contributed by atoms with Crippen molar-refractivity contribution in [2.45, 2.75) is 62.3 Å². The summed E-state index contributed by atoms with van der Waals surface area (Å²) >= 11 is 0. The maximum atomic E-state index is 13.8. The first-order valence-electron chi connectivity index (χ1n) is 11.0. The Kier molecular flexibility index (Phi) is 6.34. The van der Waals surface area contributed by atoms with Gasteiger partial charge in [0.05, 0.1) is 22.6 Å². The van der Waals surface area contributed by atoms with Crippen LogP contribution in [0.3, 0.4) is 0 Å². The van der Waals surface area contributed by atoms with Gasteiger partial charge in [0.25, 0.3) is 0 Å². The standard InChI is InChI=1S/C24H20F9NO2/c25-22(26,27)16-5-3-15(4-6-16)21-8-7-18(9-14(11-21)20(35)36)34(21)12-13-1-2-17(23(28,29)30)10-19(13)24(31,32)33/h1-6,10,14,18H,7-9,11-12H2,(H,35,36)/t14-,18-,21+/m1/s1. The number of hydrogen-bond acceptors (Lipinski definition) is 2. The van der Waals surface area contributed by atoms with Crippen molar-refractivity contribution in [3.05, 3.63) is 70.3 Å². The lowest BCUT2D eigenvalue weighted by molar-refractivity contribution is -0.146. The first-order chi connectivity index (χ1) is 16.5. The van der Waals surface area contributed by atoms with Crippen LogP contribution in [0, 0.1) is 5.92 Å². The van der Waals surface area contributed by atoms with Crippen molar-refractivity contribution in [1.29, 1.82) is 0 Å². The fraction of sp³-hybridized carbons (Fsp3) is 0.458. The van der Waals surface area contributed by atoms with Gasteiger partial charge in [-0.1, -0.05) is 18.2 Å². The van der Waals surface area contributed by atoms with Crippen LogP contribution in [0.5, 0.6) is 0 Å². The van der Waals surface area contributed by atoms with E-state index in [0.29, 0.717) is 18.1 Å². The predicted octanol–water partition coefficient (Wildman–Crippen LogP) is 7.10. The predicted molar refractivity (Wildman–Crippen MR) is 108 cm³/mol. The second-order valence-electron chi connectivity index (χ2n) is 9.27. The Morgan fingerprint density at radius 1 is 0.889 bits per heavy atom. The quantitative estimate of drug-likeness (QED) is 0.433. The molecule has 2 aliphatic heterocycles. The molecule has 0 unspecified atom stereocenters. The highest BCUT2D eigenvalue weighted by Crippen LogP contribution is 2.54. The Morgan fingerprint density at radius 3 is 2.00 bits per heavy atom. The average Bonchev–Trinajstić information content (AvgIpc) is 2.96. The molecule has 0 saturated carbocycles. The molecule has 36 heavy (non-hydrogen) atoms. The number of nitrogens with zero attached hydrogens (tertiary/aromatic N) is 1. The van der Waals surface area contributed by atoms with Crippen LogP contribution in [-0.4, -0.2) is 22.0 Å².